The standard InChI is InChI=1S/C10H9FN2O/c11-8-3-1-2-7(4-8)10(14)9-5-12-6-13-9/h1-6,10,14H,(H,12,13). The minimum absolute atomic E-state index is 0.360. The Morgan fingerprint density at radius 1 is 1.43 bits per heavy atom. The summed E-state index contributed by atoms with van der Waals surface area (Å²) < 4.78 is 12.8. The van der Waals surface area contributed by atoms with Crippen LogP contribution in [0.2, 0.25) is 0 Å². The smallest absolute Gasteiger partial charge is 0.123 e. The van der Waals surface area contributed by atoms with Crippen molar-refractivity contribution in [1.82, 2.24) is 9.97 Å². The number of rotatable bonds is 2. The molecule has 2 aromatic rings. The molecule has 14 heavy (non-hydrogen) atoms. The lowest BCUT2D eigenvalue weighted by atomic mass is 10.1. The SMILES string of the molecule is OC(c1cccc(F)c1)c1cnc[nH]1. The van der Waals surface area contributed by atoms with Crippen molar-refractivity contribution >= 4 is 0 Å². The summed E-state index contributed by atoms with van der Waals surface area (Å²) >= 11 is 0. The lowest BCUT2D eigenvalue weighted by Gasteiger charge is -2.07. The molecule has 72 valence electrons. The topological polar surface area (TPSA) is 48.9 Å². The summed E-state index contributed by atoms with van der Waals surface area (Å²) in [5.74, 6) is -0.360. The summed E-state index contributed by atoms with van der Waals surface area (Å²) in [4.78, 5) is 6.55. The van der Waals surface area contributed by atoms with Gasteiger partial charge in [-0.05, 0) is 17.7 Å². The van der Waals surface area contributed by atoms with Gasteiger partial charge in [-0.3, -0.25) is 0 Å². The molecule has 2 rings (SSSR count). The Morgan fingerprint density at radius 2 is 2.29 bits per heavy atom. The number of nitrogens with one attached hydrogen (secondary N) is 1. The largest absolute Gasteiger partial charge is 0.382 e. The van der Waals surface area contributed by atoms with Crippen molar-refractivity contribution in [3.63, 3.8) is 0 Å². The Balaban J connectivity index is 2.32. The highest BCUT2D eigenvalue weighted by Crippen LogP contribution is 2.19. The molecule has 0 amide bonds. The fraction of sp³-hybridized carbons (Fsp3) is 0.100. The molecule has 1 unspecified atom stereocenters. The molecule has 0 aliphatic heterocycles. The molecule has 0 aliphatic carbocycles. The number of benzene rings is 1. The molecule has 0 radical (unpaired) electrons. The minimum atomic E-state index is -0.854. The number of aliphatic hydroxyl groups excluding tert-OH is 1. The second kappa shape index (κ2) is 3.59. The molecule has 4 heteroatoms. The first-order valence-corrected chi connectivity index (χ1v) is 4.19. The predicted molar refractivity (Wildman–Crippen MR) is 49.0 cm³/mol. The van der Waals surface area contributed by atoms with E-state index in [4.69, 9.17) is 0 Å². The molecule has 0 fully saturated rings. The van der Waals surface area contributed by atoms with Gasteiger partial charge in [-0.15, -0.1) is 0 Å². The Morgan fingerprint density at radius 3 is 2.93 bits per heavy atom. The van der Waals surface area contributed by atoms with E-state index in [0.717, 1.165) is 0 Å². The van der Waals surface area contributed by atoms with Crippen molar-refractivity contribution in [3.8, 4) is 0 Å². The van der Waals surface area contributed by atoms with Crippen LogP contribution >= 0.6 is 0 Å². The van der Waals surface area contributed by atoms with Crippen LogP contribution in [0.3, 0.4) is 0 Å². The number of aromatic nitrogens is 2. The van der Waals surface area contributed by atoms with Gasteiger partial charge in [-0.25, -0.2) is 9.37 Å². The van der Waals surface area contributed by atoms with E-state index in [1.54, 1.807) is 12.1 Å². The lowest BCUT2D eigenvalue weighted by molar-refractivity contribution is 0.215. The summed E-state index contributed by atoms with van der Waals surface area (Å²) in [5, 5.41) is 9.77. The number of H-pyrrole nitrogens is 1. The summed E-state index contributed by atoms with van der Waals surface area (Å²) in [5.41, 5.74) is 1.06. The van der Waals surface area contributed by atoms with Gasteiger partial charge < -0.3 is 10.1 Å². The quantitative estimate of drug-likeness (QED) is 0.759. The maximum atomic E-state index is 12.8. The Kier molecular flexibility index (Phi) is 2.28. The number of nitrogens with zero attached hydrogens (tertiary/aromatic N) is 1. The Bertz CT molecular complexity index is 414. The van der Waals surface area contributed by atoms with Crippen LogP contribution in [0.4, 0.5) is 4.39 Å². The van der Waals surface area contributed by atoms with Crippen LogP contribution < -0.4 is 0 Å². The fourth-order valence-electron chi connectivity index (χ4n) is 1.27. The van der Waals surface area contributed by atoms with Gasteiger partial charge in [0.25, 0.3) is 0 Å². The summed E-state index contributed by atoms with van der Waals surface area (Å²) in [6.07, 6.45) is 2.13. The van der Waals surface area contributed by atoms with Gasteiger partial charge in [0.2, 0.25) is 0 Å². The van der Waals surface area contributed by atoms with Gasteiger partial charge in [0.15, 0.2) is 0 Å². The van der Waals surface area contributed by atoms with Crippen molar-refractivity contribution < 1.29 is 9.50 Å². The van der Waals surface area contributed by atoms with Gasteiger partial charge in [-0.1, -0.05) is 12.1 Å². The Hall–Kier alpha value is -1.68. The predicted octanol–water partition coefficient (Wildman–Crippen LogP) is 1.63. The third-order valence-electron chi connectivity index (χ3n) is 1.98. The van der Waals surface area contributed by atoms with E-state index in [1.165, 1.54) is 24.7 Å². The molecule has 1 aromatic heterocycles. The van der Waals surface area contributed by atoms with E-state index in [2.05, 4.69) is 9.97 Å². The van der Waals surface area contributed by atoms with Gasteiger partial charge in [0, 0.05) is 0 Å². The second-order valence-electron chi connectivity index (χ2n) is 2.96. The van der Waals surface area contributed by atoms with Crippen molar-refractivity contribution in [2.24, 2.45) is 0 Å². The molecule has 1 heterocycles. The van der Waals surface area contributed by atoms with Crippen LogP contribution in [0.5, 0.6) is 0 Å². The zero-order chi connectivity index (χ0) is 9.97. The highest BCUT2D eigenvalue weighted by atomic mass is 19.1. The van der Waals surface area contributed by atoms with E-state index in [0.29, 0.717) is 11.3 Å². The lowest BCUT2D eigenvalue weighted by Crippen LogP contribution is -1.99. The maximum Gasteiger partial charge on any atom is 0.123 e. The van der Waals surface area contributed by atoms with Gasteiger partial charge in [0.05, 0.1) is 18.2 Å². The molecule has 1 aromatic carbocycles. The number of hydrogen-bond donors (Lipinski definition) is 2. The summed E-state index contributed by atoms with van der Waals surface area (Å²) in [6.45, 7) is 0. The van der Waals surface area contributed by atoms with Crippen molar-refractivity contribution in [2.45, 2.75) is 6.10 Å². The van der Waals surface area contributed by atoms with Crippen molar-refractivity contribution in [2.75, 3.05) is 0 Å². The number of hydrogen-bond acceptors (Lipinski definition) is 2. The first kappa shape index (κ1) is 8.90. The summed E-state index contributed by atoms with van der Waals surface area (Å²) in [7, 11) is 0. The molecular formula is C10H9FN2O. The monoisotopic (exact) mass is 192 g/mol. The van der Waals surface area contributed by atoms with Crippen molar-refractivity contribution in [3.05, 3.63) is 53.9 Å². The molecule has 0 saturated heterocycles. The number of aromatic amines is 1. The van der Waals surface area contributed by atoms with Crippen LogP contribution in [0.1, 0.15) is 17.4 Å². The second-order valence-corrected chi connectivity index (χ2v) is 2.96. The summed E-state index contributed by atoms with van der Waals surface area (Å²) in [6, 6.07) is 5.85. The third-order valence-corrected chi connectivity index (χ3v) is 1.98. The van der Waals surface area contributed by atoms with E-state index >= 15 is 0 Å². The molecule has 0 aliphatic rings. The van der Waals surface area contributed by atoms with E-state index in [9.17, 15) is 9.50 Å². The zero-order valence-electron chi connectivity index (χ0n) is 7.31. The van der Waals surface area contributed by atoms with Crippen molar-refractivity contribution in [1.29, 1.82) is 0 Å². The highest BCUT2D eigenvalue weighted by molar-refractivity contribution is 5.24. The molecule has 2 N–H and O–H groups in total. The zero-order valence-corrected chi connectivity index (χ0v) is 7.31. The van der Waals surface area contributed by atoms with E-state index < -0.39 is 6.10 Å². The first-order chi connectivity index (χ1) is 6.77. The van der Waals surface area contributed by atoms with Crippen LogP contribution in [-0.4, -0.2) is 15.1 Å². The number of imidazole rings is 1. The van der Waals surface area contributed by atoms with Gasteiger partial charge in [0.1, 0.15) is 11.9 Å². The number of halogens is 1. The van der Waals surface area contributed by atoms with Crippen LogP contribution in [-0.2, 0) is 0 Å². The first-order valence-electron chi connectivity index (χ1n) is 4.19. The van der Waals surface area contributed by atoms with Gasteiger partial charge in [-0.2, -0.15) is 0 Å². The molecule has 0 bridgehead atoms. The average molecular weight is 192 g/mol. The van der Waals surface area contributed by atoms with Crippen LogP contribution in [0.15, 0.2) is 36.8 Å². The molecular weight excluding hydrogens is 183 g/mol. The molecule has 0 spiro atoms. The molecule has 3 nitrogen and oxygen atoms in total. The number of aliphatic hydroxyl groups is 1. The van der Waals surface area contributed by atoms with Crippen LogP contribution in [0, 0.1) is 5.82 Å². The van der Waals surface area contributed by atoms with E-state index in [1.807, 2.05) is 0 Å². The maximum absolute atomic E-state index is 12.8. The van der Waals surface area contributed by atoms with Gasteiger partial charge >= 0.3 is 0 Å². The van der Waals surface area contributed by atoms with Crippen LogP contribution in [0.25, 0.3) is 0 Å². The normalized spacial score (nSPS) is 12.7. The highest BCUT2D eigenvalue weighted by Gasteiger charge is 2.11. The average Bonchev–Trinajstić information content (AvgIpc) is 2.69. The minimum Gasteiger partial charge on any atom is -0.382 e. The third kappa shape index (κ3) is 1.65. The molecule has 1 atom stereocenters. The fourth-order valence-corrected chi connectivity index (χ4v) is 1.27. The molecule has 0 saturated carbocycles. The Labute approximate surface area is 80.2 Å². The van der Waals surface area contributed by atoms with E-state index in [-0.39, 0.29) is 5.82 Å².